The molecule has 1 aromatic carbocycles. The molecule has 0 unspecified atom stereocenters. The second-order valence-electron chi connectivity index (χ2n) is 5.53. The second kappa shape index (κ2) is 7.49. The van der Waals surface area contributed by atoms with Crippen molar-refractivity contribution in [3.05, 3.63) is 51.3 Å². The fourth-order valence-electron chi connectivity index (χ4n) is 2.72. The smallest absolute Gasteiger partial charge is 0.289 e. The quantitative estimate of drug-likeness (QED) is 0.754. The molecule has 6 nitrogen and oxygen atoms in total. The zero-order valence-electron chi connectivity index (χ0n) is 13.5. The van der Waals surface area contributed by atoms with Crippen LogP contribution in [0.3, 0.4) is 0 Å². The largest absolute Gasteiger partial charge is 0.496 e. The van der Waals surface area contributed by atoms with Crippen LogP contribution in [0.2, 0.25) is 5.02 Å². The van der Waals surface area contributed by atoms with Crippen molar-refractivity contribution in [3.63, 3.8) is 0 Å². The Balaban J connectivity index is 1.67. The van der Waals surface area contributed by atoms with Crippen LogP contribution in [0.25, 0.3) is 0 Å². The maximum atomic E-state index is 12.7. The SMILES string of the molecule is COc1ccc(Cl)cc1C(=O)N1CCN(C(=O)c2ccc(Br)o2)CC1. The van der Waals surface area contributed by atoms with Gasteiger partial charge in [0.05, 0.1) is 12.7 Å². The van der Waals surface area contributed by atoms with Gasteiger partial charge in [-0.2, -0.15) is 0 Å². The van der Waals surface area contributed by atoms with Crippen LogP contribution in [0.5, 0.6) is 5.75 Å². The van der Waals surface area contributed by atoms with E-state index >= 15 is 0 Å². The summed E-state index contributed by atoms with van der Waals surface area (Å²) >= 11 is 9.18. The summed E-state index contributed by atoms with van der Waals surface area (Å²) in [5, 5.41) is 0.473. The minimum atomic E-state index is -0.182. The van der Waals surface area contributed by atoms with Gasteiger partial charge in [0.2, 0.25) is 0 Å². The summed E-state index contributed by atoms with van der Waals surface area (Å²) in [5.41, 5.74) is 0.421. The van der Waals surface area contributed by atoms with Gasteiger partial charge in [-0.05, 0) is 46.3 Å². The average Bonchev–Trinajstić information content (AvgIpc) is 3.07. The first-order chi connectivity index (χ1) is 12.0. The van der Waals surface area contributed by atoms with E-state index < -0.39 is 0 Å². The number of amides is 2. The van der Waals surface area contributed by atoms with E-state index in [4.69, 9.17) is 20.8 Å². The minimum Gasteiger partial charge on any atom is -0.496 e. The van der Waals surface area contributed by atoms with Crippen molar-refractivity contribution in [3.8, 4) is 5.75 Å². The highest BCUT2D eigenvalue weighted by molar-refractivity contribution is 9.10. The van der Waals surface area contributed by atoms with E-state index in [1.165, 1.54) is 7.11 Å². The van der Waals surface area contributed by atoms with Crippen molar-refractivity contribution in [2.24, 2.45) is 0 Å². The molecule has 1 aliphatic rings. The van der Waals surface area contributed by atoms with E-state index in [0.29, 0.717) is 47.2 Å². The summed E-state index contributed by atoms with van der Waals surface area (Å²) in [7, 11) is 1.51. The molecule has 2 aromatic rings. The van der Waals surface area contributed by atoms with Gasteiger partial charge in [-0.15, -0.1) is 0 Å². The van der Waals surface area contributed by atoms with Gasteiger partial charge in [-0.1, -0.05) is 11.6 Å². The van der Waals surface area contributed by atoms with Crippen molar-refractivity contribution < 1.29 is 18.7 Å². The third-order valence-electron chi connectivity index (χ3n) is 4.03. The predicted molar refractivity (Wildman–Crippen MR) is 96.2 cm³/mol. The number of carbonyl (C=O) groups is 2. The molecular weight excluding hydrogens is 412 g/mol. The van der Waals surface area contributed by atoms with E-state index in [-0.39, 0.29) is 17.6 Å². The summed E-state index contributed by atoms with van der Waals surface area (Å²) in [6.45, 7) is 1.74. The van der Waals surface area contributed by atoms with E-state index in [0.717, 1.165) is 0 Å². The summed E-state index contributed by atoms with van der Waals surface area (Å²) in [6, 6.07) is 8.25. The number of carbonyl (C=O) groups excluding carboxylic acids is 2. The first-order valence-electron chi connectivity index (χ1n) is 7.67. The molecule has 0 atom stereocenters. The van der Waals surface area contributed by atoms with E-state index in [1.807, 2.05) is 0 Å². The van der Waals surface area contributed by atoms with E-state index in [1.54, 1.807) is 40.1 Å². The van der Waals surface area contributed by atoms with Gasteiger partial charge in [-0.25, -0.2) is 0 Å². The molecule has 1 saturated heterocycles. The van der Waals surface area contributed by atoms with Gasteiger partial charge >= 0.3 is 0 Å². The molecule has 1 fully saturated rings. The van der Waals surface area contributed by atoms with Gasteiger partial charge < -0.3 is 19.0 Å². The Kier molecular flexibility index (Phi) is 5.34. The van der Waals surface area contributed by atoms with Gasteiger partial charge in [0, 0.05) is 31.2 Å². The molecule has 0 radical (unpaired) electrons. The zero-order valence-corrected chi connectivity index (χ0v) is 15.8. The molecule has 0 bridgehead atoms. The lowest BCUT2D eigenvalue weighted by Gasteiger charge is -2.34. The van der Waals surface area contributed by atoms with E-state index in [9.17, 15) is 9.59 Å². The fourth-order valence-corrected chi connectivity index (χ4v) is 3.19. The molecule has 25 heavy (non-hydrogen) atoms. The van der Waals surface area contributed by atoms with Crippen molar-refractivity contribution in [1.82, 2.24) is 9.80 Å². The number of ether oxygens (including phenoxy) is 1. The van der Waals surface area contributed by atoms with Crippen LogP contribution >= 0.6 is 27.5 Å². The van der Waals surface area contributed by atoms with Crippen molar-refractivity contribution in [1.29, 1.82) is 0 Å². The van der Waals surface area contributed by atoms with Crippen molar-refractivity contribution >= 4 is 39.3 Å². The molecule has 1 aromatic heterocycles. The van der Waals surface area contributed by atoms with Crippen LogP contribution in [-0.2, 0) is 0 Å². The first kappa shape index (κ1) is 17.8. The molecule has 2 amide bonds. The number of furan rings is 1. The number of halogens is 2. The Morgan fingerprint density at radius 3 is 2.28 bits per heavy atom. The Bertz CT molecular complexity index is 800. The monoisotopic (exact) mass is 426 g/mol. The van der Waals surface area contributed by atoms with Gasteiger partial charge in [0.15, 0.2) is 10.4 Å². The van der Waals surface area contributed by atoms with Crippen LogP contribution < -0.4 is 4.74 Å². The van der Waals surface area contributed by atoms with Gasteiger partial charge in [0.1, 0.15) is 5.75 Å². The normalized spacial score (nSPS) is 14.5. The number of nitrogens with zero attached hydrogens (tertiary/aromatic N) is 2. The summed E-state index contributed by atoms with van der Waals surface area (Å²) in [5.74, 6) is 0.418. The molecular formula is C17H16BrClN2O4. The van der Waals surface area contributed by atoms with E-state index in [2.05, 4.69) is 15.9 Å². The molecule has 8 heteroatoms. The van der Waals surface area contributed by atoms with Crippen molar-refractivity contribution in [2.75, 3.05) is 33.3 Å². The molecule has 0 N–H and O–H groups in total. The van der Waals surface area contributed by atoms with Crippen LogP contribution in [0.4, 0.5) is 0 Å². The van der Waals surface area contributed by atoms with Crippen LogP contribution in [-0.4, -0.2) is 54.9 Å². The molecule has 1 aliphatic heterocycles. The lowest BCUT2D eigenvalue weighted by Crippen LogP contribution is -2.50. The number of rotatable bonds is 3. The zero-order chi connectivity index (χ0) is 18.0. The lowest BCUT2D eigenvalue weighted by molar-refractivity contribution is 0.0515. The number of piperazine rings is 1. The molecule has 0 saturated carbocycles. The predicted octanol–water partition coefficient (Wildman–Crippen LogP) is 3.30. The minimum absolute atomic E-state index is 0.160. The van der Waals surface area contributed by atoms with Gasteiger partial charge in [-0.3, -0.25) is 9.59 Å². The third kappa shape index (κ3) is 3.82. The average molecular weight is 428 g/mol. The Morgan fingerprint density at radius 2 is 1.72 bits per heavy atom. The number of methoxy groups -OCH3 is 1. The van der Waals surface area contributed by atoms with Gasteiger partial charge in [0.25, 0.3) is 11.8 Å². The molecule has 2 heterocycles. The summed E-state index contributed by atoms with van der Waals surface area (Å²) < 4.78 is 11.1. The van der Waals surface area contributed by atoms with Crippen molar-refractivity contribution in [2.45, 2.75) is 0 Å². The third-order valence-corrected chi connectivity index (χ3v) is 4.69. The van der Waals surface area contributed by atoms with Crippen LogP contribution in [0, 0.1) is 0 Å². The first-order valence-corrected chi connectivity index (χ1v) is 8.84. The summed E-state index contributed by atoms with van der Waals surface area (Å²) in [4.78, 5) is 28.5. The van der Waals surface area contributed by atoms with Crippen LogP contribution in [0.15, 0.2) is 39.4 Å². The molecule has 0 spiro atoms. The second-order valence-corrected chi connectivity index (χ2v) is 6.75. The summed E-state index contributed by atoms with van der Waals surface area (Å²) in [6.07, 6.45) is 0. The van der Waals surface area contributed by atoms with Crippen LogP contribution in [0.1, 0.15) is 20.9 Å². The number of benzene rings is 1. The highest BCUT2D eigenvalue weighted by atomic mass is 79.9. The molecule has 0 aliphatic carbocycles. The number of hydrogen-bond donors (Lipinski definition) is 0. The fraction of sp³-hybridized carbons (Fsp3) is 0.294. The topological polar surface area (TPSA) is 63.0 Å². The molecule has 132 valence electrons. The highest BCUT2D eigenvalue weighted by Gasteiger charge is 2.28. The standard InChI is InChI=1S/C17H16BrClN2O4/c1-24-13-3-2-11(19)10-12(13)16(22)20-6-8-21(9-7-20)17(23)14-4-5-15(18)25-14/h2-5,10H,6-9H2,1H3. The maximum Gasteiger partial charge on any atom is 0.289 e. The Hall–Kier alpha value is -1.99. The number of hydrogen-bond acceptors (Lipinski definition) is 4. The highest BCUT2D eigenvalue weighted by Crippen LogP contribution is 2.25. The molecule has 3 rings (SSSR count). The Morgan fingerprint density at radius 1 is 1.08 bits per heavy atom. The Labute approximate surface area is 158 Å². The maximum absolute atomic E-state index is 12.7. The lowest BCUT2D eigenvalue weighted by atomic mass is 10.1.